The summed E-state index contributed by atoms with van der Waals surface area (Å²) in [4.78, 5) is 19.0. The first-order chi connectivity index (χ1) is 14.5. The summed E-state index contributed by atoms with van der Waals surface area (Å²) in [6.07, 6.45) is 5.62. The van der Waals surface area contributed by atoms with E-state index in [4.69, 9.17) is 4.74 Å². The van der Waals surface area contributed by atoms with Crippen molar-refractivity contribution < 1.29 is 9.53 Å². The van der Waals surface area contributed by atoms with Gasteiger partial charge in [0.25, 0.3) is 5.91 Å². The summed E-state index contributed by atoms with van der Waals surface area (Å²) in [7, 11) is 3.94. The molecule has 4 heteroatoms. The molecule has 2 heterocycles. The largest absolute Gasteiger partial charge is 0.496 e. The number of piperidine rings is 1. The molecule has 0 aromatic heterocycles. The molecule has 3 fully saturated rings. The lowest BCUT2D eigenvalue weighted by molar-refractivity contribution is -0.0113. The van der Waals surface area contributed by atoms with Gasteiger partial charge in [-0.15, -0.1) is 0 Å². The Morgan fingerprint density at radius 3 is 2.53 bits per heavy atom. The number of carbonyl (C=O) groups is 1. The highest BCUT2D eigenvalue weighted by atomic mass is 16.5. The number of fused-ring (bicyclic) bond motifs is 1. The van der Waals surface area contributed by atoms with Crippen molar-refractivity contribution in [3.05, 3.63) is 65.7 Å². The van der Waals surface area contributed by atoms with Gasteiger partial charge in [-0.2, -0.15) is 0 Å². The van der Waals surface area contributed by atoms with Crippen LogP contribution in [0.5, 0.6) is 5.75 Å². The van der Waals surface area contributed by atoms with Crippen LogP contribution in [0.2, 0.25) is 0 Å². The van der Waals surface area contributed by atoms with Crippen molar-refractivity contribution in [2.75, 3.05) is 14.2 Å². The van der Waals surface area contributed by atoms with Crippen molar-refractivity contribution in [3.8, 4) is 5.75 Å². The second-order valence-electron chi connectivity index (χ2n) is 9.58. The molecule has 1 saturated carbocycles. The molecule has 158 valence electrons. The SMILES string of the molecule is COc1ccccc1C(=O)N1[C@@H](Cc2ccccc2)[C@@H]2C[C@@]3(C)[C@H](CCC[C@@H]13)N2C. The number of hydrogen-bond acceptors (Lipinski definition) is 3. The van der Waals surface area contributed by atoms with Crippen LogP contribution in [0.1, 0.15) is 48.5 Å². The average molecular weight is 405 g/mol. The number of likely N-dealkylation sites (tertiary alicyclic amines) is 2. The van der Waals surface area contributed by atoms with E-state index in [9.17, 15) is 4.79 Å². The molecule has 5 rings (SSSR count). The number of methoxy groups -OCH3 is 1. The lowest BCUT2D eigenvalue weighted by Crippen LogP contribution is -2.62. The fourth-order valence-corrected chi connectivity index (χ4v) is 6.78. The molecule has 2 aromatic carbocycles. The van der Waals surface area contributed by atoms with Gasteiger partial charge in [-0.05, 0) is 56.8 Å². The van der Waals surface area contributed by atoms with Crippen molar-refractivity contribution >= 4 is 5.91 Å². The zero-order valence-corrected chi connectivity index (χ0v) is 18.3. The first-order valence-electron chi connectivity index (χ1n) is 11.3. The molecule has 2 bridgehead atoms. The van der Waals surface area contributed by atoms with Gasteiger partial charge in [0.2, 0.25) is 0 Å². The zero-order valence-electron chi connectivity index (χ0n) is 18.3. The molecule has 4 nitrogen and oxygen atoms in total. The summed E-state index contributed by atoms with van der Waals surface area (Å²) < 4.78 is 5.57. The van der Waals surface area contributed by atoms with Crippen molar-refractivity contribution in [3.63, 3.8) is 0 Å². The highest BCUT2D eigenvalue weighted by molar-refractivity contribution is 5.97. The molecule has 5 atom stereocenters. The molecule has 3 aliphatic rings. The maximum absolute atomic E-state index is 14.1. The Hall–Kier alpha value is -2.33. The van der Waals surface area contributed by atoms with Gasteiger partial charge in [-0.3, -0.25) is 9.69 Å². The molecule has 0 N–H and O–H groups in total. The summed E-state index contributed by atoms with van der Waals surface area (Å²) >= 11 is 0. The van der Waals surface area contributed by atoms with Gasteiger partial charge >= 0.3 is 0 Å². The molecule has 1 amide bonds. The van der Waals surface area contributed by atoms with Gasteiger partial charge in [0.05, 0.1) is 18.7 Å². The molecule has 2 aliphatic heterocycles. The van der Waals surface area contributed by atoms with Gasteiger partial charge in [0.15, 0.2) is 0 Å². The maximum Gasteiger partial charge on any atom is 0.258 e. The predicted octanol–water partition coefficient (Wildman–Crippen LogP) is 4.39. The van der Waals surface area contributed by atoms with Gasteiger partial charge in [0, 0.05) is 23.5 Å². The van der Waals surface area contributed by atoms with Crippen molar-refractivity contribution in [2.24, 2.45) is 5.41 Å². The fourth-order valence-electron chi connectivity index (χ4n) is 6.78. The molecule has 2 aromatic rings. The zero-order chi connectivity index (χ0) is 20.9. The van der Waals surface area contributed by atoms with E-state index in [1.165, 1.54) is 24.8 Å². The van der Waals surface area contributed by atoms with Gasteiger partial charge < -0.3 is 9.64 Å². The molecular formula is C26H32N2O2. The second kappa shape index (κ2) is 7.42. The van der Waals surface area contributed by atoms with Crippen LogP contribution in [0.25, 0.3) is 0 Å². The molecule has 0 radical (unpaired) electrons. The quantitative estimate of drug-likeness (QED) is 0.757. The van der Waals surface area contributed by atoms with E-state index >= 15 is 0 Å². The van der Waals surface area contributed by atoms with Gasteiger partial charge in [0.1, 0.15) is 5.75 Å². The number of para-hydroxylation sites is 1. The minimum Gasteiger partial charge on any atom is -0.496 e. The van der Waals surface area contributed by atoms with Gasteiger partial charge in [-0.25, -0.2) is 0 Å². The highest BCUT2D eigenvalue weighted by Crippen LogP contribution is 2.56. The topological polar surface area (TPSA) is 32.8 Å². The van der Waals surface area contributed by atoms with Crippen LogP contribution < -0.4 is 4.74 Å². The molecule has 0 unspecified atom stereocenters. The van der Waals surface area contributed by atoms with E-state index in [-0.39, 0.29) is 23.4 Å². The molecule has 1 aliphatic carbocycles. The Kier molecular flexibility index (Phi) is 4.85. The summed E-state index contributed by atoms with van der Waals surface area (Å²) in [5.74, 6) is 0.801. The highest BCUT2D eigenvalue weighted by Gasteiger charge is 2.62. The number of nitrogens with zero attached hydrogens (tertiary/aromatic N) is 2. The number of rotatable bonds is 4. The van der Waals surface area contributed by atoms with Crippen molar-refractivity contribution in [2.45, 2.75) is 63.2 Å². The number of ether oxygens (including phenoxy) is 1. The first kappa shape index (κ1) is 19.6. The Labute approximate surface area is 179 Å². The standard InChI is InChI=1S/C26H32N2O2/c1-26-17-21-20(16-18-10-5-4-6-11-18)28(24(26)15-9-14-23(26)27(21)2)25(29)19-12-7-8-13-22(19)30-3/h4-8,10-13,20-21,23-24H,9,14-17H2,1-3H3/t20-,21-,23-,24+,26-/m0/s1. The number of benzene rings is 2. The van der Waals surface area contributed by atoms with Crippen LogP contribution in [0.3, 0.4) is 0 Å². The smallest absolute Gasteiger partial charge is 0.258 e. The third-order valence-corrected chi connectivity index (χ3v) is 8.14. The number of carbonyl (C=O) groups excluding carboxylic acids is 1. The van der Waals surface area contributed by atoms with E-state index in [0.717, 1.165) is 12.8 Å². The third kappa shape index (κ3) is 2.88. The van der Waals surface area contributed by atoms with Gasteiger partial charge in [-0.1, -0.05) is 49.4 Å². The number of likely N-dealkylation sites (N-methyl/N-ethyl adjacent to an activating group) is 1. The minimum atomic E-state index is 0.130. The number of hydrogen-bond donors (Lipinski definition) is 0. The van der Waals surface area contributed by atoms with E-state index < -0.39 is 0 Å². The normalized spacial score (nSPS) is 32.8. The monoisotopic (exact) mass is 404 g/mol. The van der Waals surface area contributed by atoms with E-state index in [1.54, 1.807) is 7.11 Å². The molecular weight excluding hydrogens is 372 g/mol. The van der Waals surface area contributed by atoms with Crippen LogP contribution in [0.15, 0.2) is 54.6 Å². The van der Waals surface area contributed by atoms with Crippen molar-refractivity contribution in [1.29, 1.82) is 0 Å². The van der Waals surface area contributed by atoms with Crippen LogP contribution in [0, 0.1) is 5.41 Å². The van der Waals surface area contributed by atoms with Crippen LogP contribution in [-0.4, -0.2) is 54.0 Å². The van der Waals surface area contributed by atoms with E-state index in [1.807, 2.05) is 24.3 Å². The summed E-state index contributed by atoms with van der Waals surface area (Å²) in [6, 6.07) is 19.8. The maximum atomic E-state index is 14.1. The van der Waals surface area contributed by atoms with Crippen LogP contribution in [-0.2, 0) is 6.42 Å². The lowest BCUT2D eigenvalue weighted by atomic mass is 9.64. The molecule has 2 saturated heterocycles. The predicted molar refractivity (Wildman–Crippen MR) is 119 cm³/mol. The number of amides is 1. The summed E-state index contributed by atoms with van der Waals surface area (Å²) in [6.45, 7) is 2.43. The minimum absolute atomic E-state index is 0.130. The molecule has 30 heavy (non-hydrogen) atoms. The summed E-state index contributed by atoms with van der Waals surface area (Å²) in [5, 5.41) is 0. The fraction of sp³-hybridized carbons (Fsp3) is 0.500. The Bertz CT molecular complexity index is 930. The average Bonchev–Trinajstić information content (AvgIpc) is 3.04. The Morgan fingerprint density at radius 2 is 1.77 bits per heavy atom. The van der Waals surface area contributed by atoms with E-state index in [2.05, 4.69) is 54.1 Å². The van der Waals surface area contributed by atoms with E-state index in [0.29, 0.717) is 23.4 Å². The van der Waals surface area contributed by atoms with Crippen LogP contribution >= 0.6 is 0 Å². The first-order valence-corrected chi connectivity index (χ1v) is 11.3. The molecule has 0 spiro atoms. The van der Waals surface area contributed by atoms with Crippen LogP contribution in [0.4, 0.5) is 0 Å². The van der Waals surface area contributed by atoms with Crippen molar-refractivity contribution in [1.82, 2.24) is 9.80 Å². The lowest BCUT2D eigenvalue weighted by Gasteiger charge is -2.53. The Morgan fingerprint density at radius 1 is 1.07 bits per heavy atom. The summed E-state index contributed by atoms with van der Waals surface area (Å²) in [5.41, 5.74) is 2.16. The second-order valence-corrected chi connectivity index (χ2v) is 9.58. The Balaban J connectivity index is 1.60. The third-order valence-electron chi connectivity index (χ3n) is 8.14.